The average molecular weight is 271 g/mol. The van der Waals surface area contributed by atoms with Crippen molar-refractivity contribution in [2.75, 3.05) is 0 Å². The summed E-state index contributed by atoms with van der Waals surface area (Å²) in [4.78, 5) is 0. The molecular weight excluding hydrogens is 269 g/mol. The van der Waals surface area contributed by atoms with Gasteiger partial charge in [0.25, 0.3) is 0 Å². The first-order chi connectivity index (χ1) is 1.00. The molecule has 5 heavy (non-hydrogen) atoms. The Balaban J connectivity index is -0.00000000167. The molecule has 0 N–H and O–H groups in total. The van der Waals surface area contributed by atoms with E-state index in [1.807, 2.05) is 0 Å². The standard InChI is InChI=1S/C2H2.2FH.Pb/c1-2;;;/h1H2;2*1H;/q;;;+2/p-2. The predicted molar refractivity (Wildman–Crippen MR) is 14.6 cm³/mol. The zero-order valence-electron chi connectivity index (χ0n) is 2.46. The van der Waals surface area contributed by atoms with Crippen LogP contribution in [0.5, 0.6) is 0 Å². The summed E-state index contributed by atoms with van der Waals surface area (Å²) in [6.07, 6.45) is 0. The Morgan fingerprint density at radius 1 is 1.00 bits per heavy atom. The topological polar surface area (TPSA) is 0 Å². The average Bonchev–Trinajstić information content (AvgIpc) is 1.00. The van der Waals surface area contributed by atoms with Crippen LogP contribution in [0, 0.1) is 6.58 Å². The Morgan fingerprint density at radius 2 is 1.00 bits per heavy atom. The van der Waals surface area contributed by atoms with Crippen molar-refractivity contribution >= 4 is 27.3 Å². The van der Waals surface area contributed by atoms with Crippen molar-refractivity contribution in [2.45, 2.75) is 0 Å². The molecule has 0 heterocycles. The van der Waals surface area contributed by atoms with Gasteiger partial charge in [-0.15, -0.1) is 0 Å². The van der Waals surface area contributed by atoms with Crippen molar-refractivity contribution in [3.63, 3.8) is 0 Å². The van der Waals surface area contributed by atoms with E-state index in [0.717, 1.165) is 0 Å². The molecule has 0 aliphatic heterocycles. The van der Waals surface area contributed by atoms with Crippen LogP contribution in [-0.2, 0) is 0 Å². The number of halogens is 2. The van der Waals surface area contributed by atoms with E-state index < -0.39 is 0 Å². The molecule has 0 atom stereocenters. The van der Waals surface area contributed by atoms with Crippen LogP contribution < -0.4 is 9.41 Å². The van der Waals surface area contributed by atoms with Crippen LogP contribution in [0.2, 0.25) is 0 Å². The quantitative estimate of drug-likeness (QED) is 0.385. The summed E-state index contributed by atoms with van der Waals surface area (Å²) in [5.41, 5.74) is 0. The minimum atomic E-state index is 0. The summed E-state index contributed by atoms with van der Waals surface area (Å²) >= 11 is 0. The van der Waals surface area contributed by atoms with Gasteiger partial charge >= 0.3 is 27.3 Å². The van der Waals surface area contributed by atoms with Gasteiger partial charge in [0.15, 0.2) is 0 Å². The molecule has 0 nitrogen and oxygen atoms in total. The Bertz CT molecular complexity index is 7.61. The minimum Gasteiger partial charge on any atom is -1.00 e. The van der Waals surface area contributed by atoms with Crippen LogP contribution in [0.15, 0.2) is 6.58 Å². The van der Waals surface area contributed by atoms with Crippen LogP contribution in [0.3, 0.4) is 0 Å². The molecule has 0 saturated heterocycles. The van der Waals surface area contributed by atoms with E-state index in [1.54, 1.807) is 0 Å². The molecule has 0 rings (SSSR count). The second-order valence-electron chi connectivity index (χ2n) is 0. The van der Waals surface area contributed by atoms with Gasteiger partial charge in [-0.1, -0.05) is 6.58 Å². The third-order valence-electron chi connectivity index (χ3n) is 0. The Morgan fingerprint density at radius 3 is 1.00 bits per heavy atom. The molecule has 0 saturated carbocycles. The molecule has 0 unspecified atom stereocenters. The van der Waals surface area contributed by atoms with Crippen LogP contribution in [-0.4, -0.2) is 27.3 Å². The normalized spacial score (nSPS) is 0.800. The number of hydrogen-bond donors (Lipinski definition) is 0. The van der Waals surface area contributed by atoms with Crippen molar-refractivity contribution in [3.8, 4) is 0 Å². The van der Waals surface area contributed by atoms with E-state index in [-0.39, 0.29) is 36.7 Å². The second-order valence-corrected chi connectivity index (χ2v) is 0. The summed E-state index contributed by atoms with van der Waals surface area (Å²) in [6.45, 7) is 8.00. The third kappa shape index (κ3) is 106. The van der Waals surface area contributed by atoms with Gasteiger partial charge in [-0.2, -0.15) is 0 Å². The molecular formula is C2H2F2Pb. The zero-order valence-corrected chi connectivity index (χ0v) is 6.35. The van der Waals surface area contributed by atoms with E-state index in [1.165, 1.54) is 0 Å². The van der Waals surface area contributed by atoms with Crippen LogP contribution in [0.4, 0.5) is 0 Å². The van der Waals surface area contributed by atoms with Crippen molar-refractivity contribution in [1.82, 2.24) is 0 Å². The van der Waals surface area contributed by atoms with Gasteiger partial charge in [0.2, 0.25) is 0 Å². The van der Waals surface area contributed by atoms with Gasteiger partial charge in [-0.3, -0.25) is 0 Å². The van der Waals surface area contributed by atoms with E-state index in [0.29, 0.717) is 0 Å². The number of hydrogen-bond acceptors (Lipinski definition) is 0. The molecule has 3 heteroatoms. The molecule has 0 aromatic heterocycles. The van der Waals surface area contributed by atoms with Crippen molar-refractivity contribution in [3.05, 3.63) is 13.2 Å². The molecule has 0 amide bonds. The van der Waals surface area contributed by atoms with Gasteiger partial charge in [-0.05, 0) is 6.58 Å². The van der Waals surface area contributed by atoms with Gasteiger partial charge in [0.05, 0.1) is 0 Å². The zero-order chi connectivity index (χ0) is 2.00. The summed E-state index contributed by atoms with van der Waals surface area (Å²) in [5.74, 6) is 0. The van der Waals surface area contributed by atoms with Crippen molar-refractivity contribution < 1.29 is 9.41 Å². The maximum Gasteiger partial charge on any atom is 2.00 e. The first-order valence-electron chi connectivity index (χ1n) is 0.354. The van der Waals surface area contributed by atoms with Crippen LogP contribution in [0.1, 0.15) is 0 Å². The summed E-state index contributed by atoms with van der Waals surface area (Å²) < 4.78 is 0. The smallest absolute Gasteiger partial charge is 1.00 e. The molecule has 0 aromatic carbocycles. The van der Waals surface area contributed by atoms with Crippen molar-refractivity contribution in [2.24, 2.45) is 0 Å². The minimum absolute atomic E-state index is 0. The summed E-state index contributed by atoms with van der Waals surface area (Å²) in [7, 11) is 0. The molecule has 0 aliphatic rings. The predicted octanol–water partition coefficient (Wildman–Crippen LogP) is -5.89. The van der Waals surface area contributed by atoms with Crippen LogP contribution >= 0.6 is 0 Å². The van der Waals surface area contributed by atoms with Crippen molar-refractivity contribution in [1.29, 1.82) is 0 Å². The van der Waals surface area contributed by atoms with E-state index in [9.17, 15) is 0 Å². The Kier molecular flexibility index (Phi) is 2010. The summed E-state index contributed by atoms with van der Waals surface area (Å²) in [6, 6.07) is 0. The Labute approximate surface area is 50.2 Å². The van der Waals surface area contributed by atoms with E-state index in [4.69, 9.17) is 6.58 Å². The first kappa shape index (κ1) is 48.7. The molecule has 0 bridgehead atoms. The fraction of sp³-hybridized carbons (Fsp3) is 0. The Hall–Kier alpha value is 0.522. The third-order valence-corrected chi connectivity index (χ3v) is 0. The monoisotopic (exact) mass is 272 g/mol. The summed E-state index contributed by atoms with van der Waals surface area (Å²) in [5, 5.41) is 0. The largest absolute Gasteiger partial charge is 2.00 e. The molecule has 0 spiro atoms. The van der Waals surface area contributed by atoms with Gasteiger partial charge in [0, 0.05) is 0 Å². The molecule has 4 radical (unpaired) electrons. The van der Waals surface area contributed by atoms with Gasteiger partial charge in [-0.25, -0.2) is 0 Å². The van der Waals surface area contributed by atoms with Gasteiger partial charge < -0.3 is 9.41 Å². The molecule has 0 aromatic rings. The molecule has 28 valence electrons. The second kappa shape index (κ2) is 206. The fourth-order valence-corrected chi connectivity index (χ4v) is 0. The molecule has 0 aliphatic carbocycles. The fourth-order valence-electron chi connectivity index (χ4n) is 0. The van der Waals surface area contributed by atoms with E-state index >= 15 is 0 Å². The van der Waals surface area contributed by atoms with Gasteiger partial charge in [0.1, 0.15) is 0 Å². The SMILES string of the molecule is [C]=C.[F-].[F-].[Pb+2]. The van der Waals surface area contributed by atoms with Crippen LogP contribution in [0.25, 0.3) is 0 Å². The number of rotatable bonds is 0. The maximum absolute atomic E-state index is 5.50. The maximum atomic E-state index is 5.50. The first-order valence-corrected chi connectivity index (χ1v) is 0.354. The molecule has 0 fully saturated rings. The van der Waals surface area contributed by atoms with E-state index in [2.05, 4.69) is 6.58 Å².